The van der Waals surface area contributed by atoms with Crippen LogP contribution in [0.5, 0.6) is 0 Å². The van der Waals surface area contributed by atoms with Crippen molar-refractivity contribution in [3.8, 4) is 44.5 Å². The first-order valence-electron chi connectivity index (χ1n) is 22.5. The second-order valence-corrected chi connectivity index (χ2v) is 18.6. The minimum atomic E-state index is -0.399. The number of hydrogen-bond acceptors (Lipinski definition) is 2. The molecule has 65 heavy (non-hydrogen) atoms. The van der Waals surface area contributed by atoms with Crippen molar-refractivity contribution in [2.45, 2.75) is 5.41 Å². The summed E-state index contributed by atoms with van der Waals surface area (Å²) in [6.07, 6.45) is 0. The quantitative estimate of drug-likeness (QED) is 0.167. The molecule has 0 atom stereocenters. The van der Waals surface area contributed by atoms with E-state index in [2.05, 4.69) is 241 Å². The van der Waals surface area contributed by atoms with Crippen molar-refractivity contribution >= 4 is 70.1 Å². The zero-order chi connectivity index (χ0) is 42.6. The Morgan fingerprint density at radius 2 is 0.831 bits per heavy atom. The maximum Gasteiger partial charge on any atom is 0.0725 e. The summed E-state index contributed by atoms with van der Waals surface area (Å²) < 4.78 is 2.58. The van der Waals surface area contributed by atoms with Gasteiger partial charge in [-0.05, 0) is 131 Å². The van der Waals surface area contributed by atoms with Gasteiger partial charge in [-0.25, -0.2) is 0 Å². The van der Waals surface area contributed by atoms with Crippen molar-refractivity contribution in [2.75, 3.05) is 4.90 Å². The zero-order valence-electron chi connectivity index (χ0n) is 35.4. The molecule has 1 heterocycles. The minimum Gasteiger partial charge on any atom is -0.310 e. The number of nitrogens with zero attached hydrogens (tertiary/aromatic N) is 1. The molecule has 0 saturated carbocycles. The van der Waals surface area contributed by atoms with Crippen LogP contribution in [0.3, 0.4) is 0 Å². The van der Waals surface area contributed by atoms with E-state index >= 15 is 0 Å². The van der Waals surface area contributed by atoms with E-state index in [0.717, 1.165) is 11.4 Å². The summed E-state index contributed by atoms with van der Waals surface area (Å²) in [5.74, 6) is 0. The molecule has 1 spiro atoms. The third kappa shape index (κ3) is 5.14. The van der Waals surface area contributed by atoms with Gasteiger partial charge in [0.05, 0.1) is 11.1 Å². The lowest BCUT2D eigenvalue weighted by molar-refractivity contribution is 0.794. The highest BCUT2D eigenvalue weighted by molar-refractivity contribution is 7.26. The average molecular weight is 842 g/mol. The number of thiophene rings is 1. The van der Waals surface area contributed by atoms with Gasteiger partial charge in [0, 0.05) is 31.5 Å². The normalized spacial score (nSPS) is 13.0. The van der Waals surface area contributed by atoms with Gasteiger partial charge in [-0.15, -0.1) is 11.3 Å². The molecule has 0 unspecified atom stereocenters. The molecule has 14 rings (SSSR count). The van der Waals surface area contributed by atoms with Crippen LogP contribution >= 0.6 is 11.3 Å². The summed E-state index contributed by atoms with van der Waals surface area (Å²) in [7, 11) is 0. The van der Waals surface area contributed by atoms with Crippen molar-refractivity contribution < 1.29 is 0 Å². The Hall–Kier alpha value is -8.04. The molecule has 0 bridgehead atoms. The summed E-state index contributed by atoms with van der Waals surface area (Å²) in [5.41, 5.74) is 18.5. The fourth-order valence-electron chi connectivity index (χ4n) is 11.6. The Bertz CT molecular complexity index is 3840. The molecule has 302 valence electrons. The van der Waals surface area contributed by atoms with E-state index in [1.807, 2.05) is 11.3 Å². The number of rotatable bonds is 5. The Labute approximate surface area is 381 Å². The Morgan fingerprint density at radius 3 is 1.54 bits per heavy atom. The molecule has 0 aliphatic heterocycles. The minimum absolute atomic E-state index is 0.399. The highest BCUT2D eigenvalue weighted by atomic mass is 32.1. The Kier molecular flexibility index (Phi) is 7.84. The molecular weight excluding hydrogens is 803 g/mol. The van der Waals surface area contributed by atoms with Gasteiger partial charge in [-0.2, -0.15) is 0 Å². The van der Waals surface area contributed by atoms with Gasteiger partial charge in [-0.3, -0.25) is 0 Å². The van der Waals surface area contributed by atoms with Crippen molar-refractivity contribution in [1.82, 2.24) is 0 Å². The number of fused-ring (bicyclic) bond motifs is 16. The van der Waals surface area contributed by atoms with Crippen molar-refractivity contribution in [1.29, 1.82) is 0 Å². The van der Waals surface area contributed by atoms with Crippen LogP contribution < -0.4 is 4.90 Å². The molecule has 0 radical (unpaired) electrons. The topological polar surface area (TPSA) is 3.24 Å². The third-order valence-electron chi connectivity index (χ3n) is 14.3. The SMILES string of the molecule is c1ccc(-c2cccc3cccc(-c4ccc(N(c5ccc6c(c5)-c5ccccc5C65c6ccccc6-c6ccccc65)c5cccc6sc7ccc8ccccc8c7c56)cc4)c23)cc1. The molecule has 0 saturated heterocycles. The van der Waals surface area contributed by atoms with E-state index in [0.29, 0.717) is 0 Å². The van der Waals surface area contributed by atoms with Crippen molar-refractivity contribution in [2.24, 2.45) is 0 Å². The smallest absolute Gasteiger partial charge is 0.0725 e. The molecule has 0 fully saturated rings. The van der Waals surface area contributed by atoms with Crippen LogP contribution in [0.25, 0.3) is 86.2 Å². The predicted octanol–water partition coefficient (Wildman–Crippen LogP) is 17.5. The van der Waals surface area contributed by atoms with E-state index in [1.165, 1.54) is 114 Å². The van der Waals surface area contributed by atoms with E-state index in [9.17, 15) is 0 Å². The van der Waals surface area contributed by atoms with Gasteiger partial charge in [0.15, 0.2) is 0 Å². The standard InChI is InChI=1S/C63H39NS/c1-2-15-40(16-3-1)46-24-12-18-43-19-13-25-47(60(43)46)42-31-34-44(35-32-42)64(57-29-14-30-58-62(57)61-48-20-5-4-17-41(48)33-38-59(61)65-58)45-36-37-56-52(39-45)51-23-8-11-28-55(51)63(56)53-26-9-6-21-49(53)50-22-7-10-27-54(50)63/h1-39H. The summed E-state index contributed by atoms with van der Waals surface area (Å²) >= 11 is 1.88. The largest absolute Gasteiger partial charge is 0.310 e. The van der Waals surface area contributed by atoms with Gasteiger partial charge >= 0.3 is 0 Å². The lowest BCUT2D eigenvalue weighted by Crippen LogP contribution is -2.25. The van der Waals surface area contributed by atoms with E-state index < -0.39 is 5.41 Å². The molecule has 11 aromatic carbocycles. The number of benzene rings is 11. The summed E-state index contributed by atoms with van der Waals surface area (Å²) in [4.78, 5) is 2.52. The van der Waals surface area contributed by atoms with Crippen LogP contribution in [0.4, 0.5) is 17.1 Å². The first-order chi connectivity index (χ1) is 32.3. The average Bonchev–Trinajstić information content (AvgIpc) is 4.01. The third-order valence-corrected chi connectivity index (χ3v) is 15.4. The first-order valence-corrected chi connectivity index (χ1v) is 23.3. The van der Waals surface area contributed by atoms with Crippen LogP contribution in [0.1, 0.15) is 22.3 Å². The second kappa shape index (κ2) is 14.0. The Balaban J connectivity index is 1.01. The highest BCUT2D eigenvalue weighted by Crippen LogP contribution is 2.63. The summed E-state index contributed by atoms with van der Waals surface area (Å²) in [6.45, 7) is 0. The number of anilines is 3. The fourth-order valence-corrected chi connectivity index (χ4v) is 12.8. The number of hydrogen-bond donors (Lipinski definition) is 0. The zero-order valence-corrected chi connectivity index (χ0v) is 36.2. The lowest BCUT2D eigenvalue weighted by Gasteiger charge is -2.31. The van der Waals surface area contributed by atoms with Crippen LogP contribution in [0, 0.1) is 0 Å². The van der Waals surface area contributed by atoms with Crippen molar-refractivity contribution in [3.05, 3.63) is 259 Å². The summed E-state index contributed by atoms with van der Waals surface area (Å²) in [5, 5.41) is 7.65. The second-order valence-electron chi connectivity index (χ2n) is 17.5. The monoisotopic (exact) mass is 841 g/mol. The van der Waals surface area contributed by atoms with E-state index in [1.54, 1.807) is 0 Å². The van der Waals surface area contributed by atoms with Crippen LogP contribution in [-0.4, -0.2) is 0 Å². The van der Waals surface area contributed by atoms with Crippen molar-refractivity contribution in [3.63, 3.8) is 0 Å². The maximum atomic E-state index is 2.52. The van der Waals surface area contributed by atoms with Crippen LogP contribution in [0.2, 0.25) is 0 Å². The van der Waals surface area contributed by atoms with Crippen LogP contribution in [-0.2, 0) is 5.41 Å². The maximum absolute atomic E-state index is 2.52. The molecule has 0 N–H and O–H groups in total. The van der Waals surface area contributed by atoms with E-state index in [4.69, 9.17) is 0 Å². The molecular formula is C63H39NS. The lowest BCUT2D eigenvalue weighted by atomic mass is 9.70. The molecule has 2 aliphatic rings. The van der Waals surface area contributed by atoms with Gasteiger partial charge in [0.1, 0.15) is 0 Å². The van der Waals surface area contributed by atoms with Crippen LogP contribution in [0.15, 0.2) is 237 Å². The fraction of sp³-hybridized carbons (Fsp3) is 0.0159. The molecule has 2 heteroatoms. The first kappa shape index (κ1) is 36.4. The molecule has 0 amide bonds. The molecule has 2 aliphatic carbocycles. The Morgan fingerprint density at radius 1 is 0.308 bits per heavy atom. The van der Waals surface area contributed by atoms with Gasteiger partial charge in [-0.1, -0.05) is 194 Å². The molecule has 1 aromatic heterocycles. The summed E-state index contributed by atoms with van der Waals surface area (Å²) in [6, 6.07) is 88.3. The van der Waals surface area contributed by atoms with Gasteiger partial charge < -0.3 is 4.90 Å². The van der Waals surface area contributed by atoms with Gasteiger partial charge in [0.2, 0.25) is 0 Å². The predicted molar refractivity (Wildman–Crippen MR) is 276 cm³/mol. The van der Waals surface area contributed by atoms with Gasteiger partial charge in [0.25, 0.3) is 0 Å². The van der Waals surface area contributed by atoms with E-state index in [-0.39, 0.29) is 0 Å². The molecule has 12 aromatic rings. The molecule has 1 nitrogen and oxygen atoms in total. The highest BCUT2D eigenvalue weighted by Gasteiger charge is 2.51.